The van der Waals surface area contributed by atoms with Gasteiger partial charge in [-0.05, 0) is 19.0 Å². The molecule has 0 aromatic carbocycles. The highest BCUT2D eigenvalue weighted by atomic mass is 16.3. The molecule has 0 radical (unpaired) electrons. The van der Waals surface area contributed by atoms with Crippen LogP contribution in [0.3, 0.4) is 0 Å². The number of nitrogens with zero attached hydrogens (tertiary/aromatic N) is 3. The maximum absolute atomic E-state index is 10.1. The molecule has 4 heteroatoms. The highest BCUT2D eigenvalue weighted by molar-refractivity contribution is 5.44. The van der Waals surface area contributed by atoms with Gasteiger partial charge in [0.2, 0.25) is 0 Å². The Labute approximate surface area is 58.3 Å². The largest absolute Gasteiger partial charge is 0.239 e. The monoisotopic (exact) mass is 137 g/mol. The minimum Gasteiger partial charge on any atom is -0.239 e. The highest BCUT2D eigenvalue weighted by Gasteiger charge is 2.02. The Bertz CT molecular complexity index is 239. The van der Waals surface area contributed by atoms with Gasteiger partial charge in [0.1, 0.15) is 12.0 Å². The van der Waals surface area contributed by atoms with Gasteiger partial charge in [0, 0.05) is 0 Å². The number of aryl methyl sites for hydroxylation is 2. The zero-order valence-electron chi connectivity index (χ0n) is 5.83. The molecule has 0 amide bonds. The Morgan fingerprint density at radius 3 is 2.10 bits per heavy atom. The van der Waals surface area contributed by atoms with Gasteiger partial charge in [-0.2, -0.15) is 0 Å². The molecule has 0 bridgehead atoms. The summed E-state index contributed by atoms with van der Waals surface area (Å²) < 4.78 is 0. The summed E-state index contributed by atoms with van der Waals surface area (Å²) in [5, 5.41) is 2.79. The molecule has 1 aromatic heterocycles. The molecule has 0 spiro atoms. The second-order valence-electron chi connectivity index (χ2n) is 1.98. The summed E-state index contributed by atoms with van der Waals surface area (Å²) >= 11 is 0. The van der Waals surface area contributed by atoms with Crippen molar-refractivity contribution in [3.63, 3.8) is 0 Å². The van der Waals surface area contributed by atoms with Crippen molar-refractivity contribution < 1.29 is 0 Å². The van der Waals surface area contributed by atoms with Crippen LogP contribution in [0.15, 0.2) is 11.5 Å². The Morgan fingerprint density at radius 1 is 1.30 bits per heavy atom. The van der Waals surface area contributed by atoms with E-state index in [-0.39, 0.29) is 0 Å². The van der Waals surface area contributed by atoms with Gasteiger partial charge in [-0.1, -0.05) is 0 Å². The minimum atomic E-state index is 0.350. The topological polar surface area (TPSA) is 55.2 Å². The van der Waals surface area contributed by atoms with Crippen LogP contribution in [-0.2, 0) is 0 Å². The van der Waals surface area contributed by atoms with Gasteiger partial charge < -0.3 is 0 Å². The Kier molecular flexibility index (Phi) is 1.71. The van der Waals surface area contributed by atoms with Gasteiger partial charge in [0.25, 0.3) is 0 Å². The first kappa shape index (κ1) is 6.80. The molecule has 1 aromatic rings. The van der Waals surface area contributed by atoms with E-state index in [9.17, 15) is 4.91 Å². The van der Waals surface area contributed by atoms with Crippen LogP contribution in [0.1, 0.15) is 11.4 Å². The lowest BCUT2D eigenvalue weighted by Crippen LogP contribution is -1.87. The van der Waals surface area contributed by atoms with E-state index in [0.29, 0.717) is 17.1 Å². The fraction of sp³-hybridized carbons (Fsp3) is 0.333. The summed E-state index contributed by atoms with van der Waals surface area (Å²) in [6, 6.07) is 0. The second-order valence-corrected chi connectivity index (χ2v) is 1.98. The van der Waals surface area contributed by atoms with E-state index in [1.54, 1.807) is 13.8 Å². The van der Waals surface area contributed by atoms with E-state index in [4.69, 9.17) is 0 Å². The van der Waals surface area contributed by atoms with Crippen LogP contribution in [0, 0.1) is 18.8 Å². The number of hydrogen-bond acceptors (Lipinski definition) is 4. The van der Waals surface area contributed by atoms with Gasteiger partial charge in [-0.15, -0.1) is 4.91 Å². The Hall–Kier alpha value is -1.32. The van der Waals surface area contributed by atoms with E-state index in [0.717, 1.165) is 0 Å². The molecule has 0 aliphatic rings. The van der Waals surface area contributed by atoms with E-state index in [2.05, 4.69) is 15.1 Å². The predicted molar refractivity (Wildman–Crippen MR) is 37.0 cm³/mol. The van der Waals surface area contributed by atoms with E-state index < -0.39 is 0 Å². The van der Waals surface area contributed by atoms with E-state index in [1.165, 1.54) is 6.33 Å². The molecule has 52 valence electrons. The van der Waals surface area contributed by atoms with Crippen molar-refractivity contribution in [2.75, 3.05) is 0 Å². The maximum Gasteiger partial charge on any atom is 0.150 e. The number of hydrogen-bond donors (Lipinski definition) is 0. The average Bonchev–Trinajstić information content (AvgIpc) is 1.88. The Morgan fingerprint density at radius 2 is 1.80 bits per heavy atom. The van der Waals surface area contributed by atoms with Crippen molar-refractivity contribution in [2.24, 2.45) is 5.18 Å². The first-order chi connectivity index (χ1) is 4.75. The lowest BCUT2D eigenvalue weighted by atomic mass is 10.3. The molecule has 0 saturated carbocycles. The summed E-state index contributed by atoms with van der Waals surface area (Å²) in [5.74, 6) is 0. The summed E-state index contributed by atoms with van der Waals surface area (Å²) in [7, 11) is 0. The fourth-order valence-corrected chi connectivity index (χ4v) is 0.718. The van der Waals surface area contributed by atoms with Gasteiger partial charge in [-0.25, -0.2) is 9.97 Å². The predicted octanol–water partition coefficient (Wildman–Crippen LogP) is 1.49. The number of nitroso groups, excluding NO2 is 1. The Balaban J connectivity index is 3.30. The van der Waals surface area contributed by atoms with Crippen molar-refractivity contribution in [2.45, 2.75) is 13.8 Å². The molecule has 10 heavy (non-hydrogen) atoms. The van der Waals surface area contributed by atoms with Crippen molar-refractivity contribution in [1.29, 1.82) is 0 Å². The smallest absolute Gasteiger partial charge is 0.150 e. The summed E-state index contributed by atoms with van der Waals surface area (Å²) in [6.45, 7) is 3.46. The van der Waals surface area contributed by atoms with Crippen LogP contribution < -0.4 is 0 Å². The molecule has 0 N–H and O–H groups in total. The van der Waals surface area contributed by atoms with Crippen molar-refractivity contribution in [1.82, 2.24) is 9.97 Å². The molecule has 0 unspecified atom stereocenters. The van der Waals surface area contributed by atoms with Crippen LogP contribution in [-0.4, -0.2) is 9.97 Å². The van der Waals surface area contributed by atoms with Crippen molar-refractivity contribution in [3.05, 3.63) is 22.6 Å². The molecule has 4 nitrogen and oxygen atoms in total. The molecule has 0 aliphatic heterocycles. The summed E-state index contributed by atoms with van der Waals surface area (Å²) in [6.07, 6.45) is 1.42. The van der Waals surface area contributed by atoms with Crippen LogP contribution in [0.25, 0.3) is 0 Å². The SMILES string of the molecule is Cc1ncnc(C)c1N=O. The summed E-state index contributed by atoms with van der Waals surface area (Å²) in [5.41, 5.74) is 1.60. The second kappa shape index (κ2) is 2.51. The van der Waals surface area contributed by atoms with Crippen LogP contribution in [0.4, 0.5) is 5.69 Å². The fourth-order valence-electron chi connectivity index (χ4n) is 0.718. The van der Waals surface area contributed by atoms with Crippen LogP contribution in [0.5, 0.6) is 0 Å². The zero-order chi connectivity index (χ0) is 7.56. The lowest BCUT2D eigenvalue weighted by molar-refractivity contribution is 1.04. The molecular formula is C6H7N3O. The highest BCUT2D eigenvalue weighted by Crippen LogP contribution is 2.17. The van der Waals surface area contributed by atoms with Gasteiger partial charge in [0.15, 0.2) is 0 Å². The normalized spacial score (nSPS) is 9.40. The third-order valence-electron chi connectivity index (χ3n) is 1.28. The molecule has 0 saturated heterocycles. The zero-order valence-corrected chi connectivity index (χ0v) is 5.83. The van der Waals surface area contributed by atoms with Crippen LogP contribution in [0.2, 0.25) is 0 Å². The molecular weight excluding hydrogens is 130 g/mol. The summed E-state index contributed by atoms with van der Waals surface area (Å²) in [4.78, 5) is 17.7. The van der Waals surface area contributed by atoms with Gasteiger partial charge in [0.05, 0.1) is 11.4 Å². The molecule has 0 fully saturated rings. The third-order valence-corrected chi connectivity index (χ3v) is 1.28. The van der Waals surface area contributed by atoms with Crippen LogP contribution >= 0.6 is 0 Å². The third kappa shape index (κ3) is 1.00. The lowest BCUT2D eigenvalue weighted by Gasteiger charge is -1.95. The molecule has 0 atom stereocenters. The average molecular weight is 137 g/mol. The maximum atomic E-state index is 10.1. The first-order valence-corrected chi connectivity index (χ1v) is 2.87. The molecule has 1 rings (SSSR count). The first-order valence-electron chi connectivity index (χ1n) is 2.87. The molecule has 0 aliphatic carbocycles. The standard InChI is InChI=1S/C6H7N3O/c1-4-6(9-10)5(2)8-3-7-4/h3H,1-2H3. The number of aromatic nitrogens is 2. The number of rotatable bonds is 1. The van der Waals surface area contributed by atoms with Gasteiger partial charge in [-0.3, -0.25) is 0 Å². The minimum absolute atomic E-state index is 0.350. The van der Waals surface area contributed by atoms with Crippen molar-refractivity contribution >= 4 is 5.69 Å². The van der Waals surface area contributed by atoms with E-state index >= 15 is 0 Å². The quantitative estimate of drug-likeness (QED) is 0.551. The molecule has 1 heterocycles. The van der Waals surface area contributed by atoms with Gasteiger partial charge >= 0.3 is 0 Å². The van der Waals surface area contributed by atoms with Crippen molar-refractivity contribution in [3.8, 4) is 0 Å². The van der Waals surface area contributed by atoms with E-state index in [1.807, 2.05) is 0 Å².